The molecule has 0 unspecified atom stereocenters. The lowest BCUT2D eigenvalue weighted by Crippen LogP contribution is -2.32. The summed E-state index contributed by atoms with van der Waals surface area (Å²) in [6, 6.07) is 6.21. The van der Waals surface area contributed by atoms with E-state index in [1.54, 1.807) is 19.2 Å². The van der Waals surface area contributed by atoms with Crippen LogP contribution in [-0.2, 0) is 33.7 Å². The highest BCUT2D eigenvalue weighted by molar-refractivity contribution is 5.89. The molecule has 2 aliphatic rings. The van der Waals surface area contributed by atoms with Crippen LogP contribution in [0, 0.1) is 5.82 Å². The fourth-order valence-corrected chi connectivity index (χ4v) is 4.54. The molecule has 1 N–H and O–H groups in total. The van der Waals surface area contributed by atoms with Gasteiger partial charge in [0.05, 0.1) is 31.3 Å². The molecule has 0 saturated carbocycles. The van der Waals surface area contributed by atoms with Crippen molar-refractivity contribution in [3.63, 3.8) is 0 Å². The third-order valence-electron chi connectivity index (χ3n) is 6.32. The summed E-state index contributed by atoms with van der Waals surface area (Å²) in [4.78, 5) is 46.4. The van der Waals surface area contributed by atoms with Crippen molar-refractivity contribution in [1.82, 2.24) is 19.9 Å². The third-order valence-corrected chi connectivity index (χ3v) is 6.32. The molecular weight excluding hydrogens is 485 g/mol. The first-order chi connectivity index (χ1) is 17.9. The summed E-state index contributed by atoms with van der Waals surface area (Å²) in [5.74, 6) is 0.0835. The highest BCUT2D eigenvalue weighted by Crippen LogP contribution is 2.25. The number of carbonyl (C=O) groups is 2. The Morgan fingerprint density at radius 3 is 2.89 bits per heavy atom. The number of rotatable bonds is 9. The van der Waals surface area contributed by atoms with Crippen molar-refractivity contribution in [2.75, 3.05) is 44.9 Å². The first-order valence-corrected chi connectivity index (χ1v) is 11.9. The summed E-state index contributed by atoms with van der Waals surface area (Å²) in [5, 5.41) is 3.98. The quantitative estimate of drug-likeness (QED) is 0.423. The van der Waals surface area contributed by atoms with Crippen LogP contribution in [0.3, 0.4) is 0 Å². The molecule has 0 aliphatic carbocycles. The molecule has 1 aromatic carbocycles. The van der Waals surface area contributed by atoms with Crippen LogP contribution in [0.2, 0.25) is 0 Å². The smallest absolute Gasteiger partial charge is 0.416 e. The Morgan fingerprint density at radius 2 is 2.05 bits per heavy atom. The van der Waals surface area contributed by atoms with Gasteiger partial charge in [-0.3, -0.25) is 14.5 Å². The zero-order valence-corrected chi connectivity index (χ0v) is 20.2. The lowest BCUT2D eigenvalue weighted by Gasteiger charge is -2.17. The molecule has 1 amide bonds. The minimum atomic E-state index is -0.564. The van der Waals surface area contributed by atoms with Crippen LogP contribution in [0.5, 0.6) is 5.88 Å². The second-order valence-corrected chi connectivity index (χ2v) is 8.83. The van der Waals surface area contributed by atoms with Crippen LogP contribution >= 0.6 is 0 Å². The van der Waals surface area contributed by atoms with Gasteiger partial charge < -0.3 is 24.1 Å². The van der Waals surface area contributed by atoms with Gasteiger partial charge in [-0.15, -0.1) is 0 Å². The number of amides is 1. The van der Waals surface area contributed by atoms with Crippen molar-refractivity contribution < 1.29 is 28.2 Å². The van der Waals surface area contributed by atoms with Gasteiger partial charge in [0.25, 0.3) is 5.56 Å². The van der Waals surface area contributed by atoms with Gasteiger partial charge in [-0.1, -0.05) is 0 Å². The van der Waals surface area contributed by atoms with E-state index in [0.717, 1.165) is 5.39 Å². The van der Waals surface area contributed by atoms with E-state index in [1.807, 2.05) is 0 Å². The summed E-state index contributed by atoms with van der Waals surface area (Å²) in [6.07, 6.45) is 0.826. The fraction of sp³-hybridized carbons (Fsp3) is 0.400. The molecule has 5 rings (SSSR count). The second-order valence-electron chi connectivity index (χ2n) is 8.83. The van der Waals surface area contributed by atoms with E-state index < -0.39 is 18.0 Å². The Kier molecular flexibility index (Phi) is 7.10. The van der Waals surface area contributed by atoms with E-state index in [4.69, 9.17) is 14.2 Å². The molecule has 0 bridgehead atoms. The molecule has 2 aromatic heterocycles. The number of hydrogen-bond donors (Lipinski definition) is 1. The number of nitrogens with one attached hydrogen (secondary N) is 1. The predicted molar refractivity (Wildman–Crippen MR) is 130 cm³/mol. The standard InChI is InChI=1S/C25H26FN5O6/c1-35-9-8-30-22(33)5-3-15-2-4-19(26)18(23(15)30)6-7-27-11-17-13-31(25(34)37-17)21-12-28-24-20(29-21)10-16(32)14-36-24/h2-5,12,17,27H,6-11,13-14H2,1H3/t17-/m0/s1. The SMILES string of the molecule is COCCn1c(=O)ccc2ccc(F)c(CCNC[C@H]3CN(c4cnc5c(n4)CC(=O)CO5)C(=O)O3)c21. The second kappa shape index (κ2) is 10.6. The number of cyclic esters (lactones) is 1. The van der Waals surface area contributed by atoms with Gasteiger partial charge in [0.15, 0.2) is 11.6 Å². The number of carbonyl (C=O) groups excluding carboxylic acids is 2. The first-order valence-electron chi connectivity index (χ1n) is 11.9. The van der Waals surface area contributed by atoms with E-state index in [1.165, 1.54) is 27.8 Å². The maximum atomic E-state index is 14.8. The maximum absolute atomic E-state index is 14.8. The average molecular weight is 512 g/mol. The molecule has 0 spiro atoms. The number of pyridine rings is 1. The topological polar surface area (TPSA) is 125 Å². The van der Waals surface area contributed by atoms with E-state index in [-0.39, 0.29) is 36.7 Å². The molecule has 1 fully saturated rings. The Balaban J connectivity index is 1.22. The Labute approximate surface area is 211 Å². The number of halogens is 1. The number of nitrogens with zero attached hydrogens (tertiary/aromatic N) is 4. The predicted octanol–water partition coefficient (Wildman–Crippen LogP) is 1.24. The van der Waals surface area contributed by atoms with Crippen molar-refractivity contribution >= 4 is 28.6 Å². The Hall–Kier alpha value is -3.90. The van der Waals surface area contributed by atoms with E-state index in [0.29, 0.717) is 55.3 Å². The number of ketones is 1. The number of benzene rings is 1. The minimum absolute atomic E-state index is 0.0333. The molecule has 1 saturated heterocycles. The van der Waals surface area contributed by atoms with E-state index in [2.05, 4.69) is 15.3 Å². The molecule has 2 aliphatic heterocycles. The van der Waals surface area contributed by atoms with Gasteiger partial charge in [-0.05, 0) is 36.6 Å². The lowest BCUT2D eigenvalue weighted by molar-refractivity contribution is -0.121. The van der Waals surface area contributed by atoms with Gasteiger partial charge in [0.1, 0.15) is 24.2 Å². The van der Waals surface area contributed by atoms with Crippen molar-refractivity contribution in [2.24, 2.45) is 0 Å². The van der Waals surface area contributed by atoms with E-state index in [9.17, 15) is 18.8 Å². The maximum Gasteiger partial charge on any atom is 0.416 e. The Bertz CT molecular complexity index is 1410. The molecule has 11 nitrogen and oxygen atoms in total. The monoisotopic (exact) mass is 511 g/mol. The number of hydrogen-bond acceptors (Lipinski definition) is 9. The minimum Gasteiger partial charge on any atom is -0.468 e. The summed E-state index contributed by atoms with van der Waals surface area (Å²) < 4.78 is 32.2. The first kappa shape index (κ1) is 24.8. The molecular formula is C25H26FN5O6. The summed E-state index contributed by atoms with van der Waals surface area (Å²) in [7, 11) is 1.55. The number of aromatic nitrogens is 3. The summed E-state index contributed by atoms with van der Waals surface area (Å²) >= 11 is 0. The fourth-order valence-electron chi connectivity index (χ4n) is 4.54. The van der Waals surface area contributed by atoms with Crippen molar-refractivity contribution in [3.05, 3.63) is 57.9 Å². The molecule has 4 heterocycles. The number of fused-ring (bicyclic) bond motifs is 2. The largest absolute Gasteiger partial charge is 0.468 e. The molecule has 194 valence electrons. The van der Waals surface area contributed by atoms with Crippen LogP contribution in [0.25, 0.3) is 10.9 Å². The average Bonchev–Trinajstić information content (AvgIpc) is 3.26. The highest BCUT2D eigenvalue weighted by atomic mass is 19.1. The third kappa shape index (κ3) is 5.16. The van der Waals surface area contributed by atoms with Crippen molar-refractivity contribution in [1.29, 1.82) is 0 Å². The molecule has 3 aromatic rings. The van der Waals surface area contributed by atoms with Gasteiger partial charge >= 0.3 is 6.09 Å². The van der Waals surface area contributed by atoms with Gasteiger partial charge in [0.2, 0.25) is 5.88 Å². The van der Waals surface area contributed by atoms with Crippen LogP contribution < -0.4 is 20.5 Å². The van der Waals surface area contributed by atoms with Crippen molar-refractivity contribution in [3.8, 4) is 5.88 Å². The van der Waals surface area contributed by atoms with E-state index >= 15 is 0 Å². The molecule has 12 heteroatoms. The summed E-state index contributed by atoms with van der Waals surface area (Å²) in [6.45, 7) is 1.59. The van der Waals surface area contributed by atoms with Crippen LogP contribution in [0.4, 0.5) is 15.0 Å². The number of Topliss-reactive ketones (excluding diaryl/α,β-unsaturated/α-hetero) is 1. The van der Waals surface area contributed by atoms with Gasteiger partial charge in [-0.25, -0.2) is 19.2 Å². The van der Waals surface area contributed by atoms with Gasteiger partial charge in [0, 0.05) is 31.8 Å². The van der Waals surface area contributed by atoms with Crippen LogP contribution in [0.1, 0.15) is 11.3 Å². The molecule has 0 radical (unpaired) electrons. The zero-order valence-electron chi connectivity index (χ0n) is 20.2. The lowest BCUT2D eigenvalue weighted by atomic mass is 10.1. The van der Waals surface area contributed by atoms with Crippen molar-refractivity contribution in [2.45, 2.75) is 25.5 Å². The van der Waals surface area contributed by atoms with Crippen LogP contribution in [0.15, 0.2) is 35.3 Å². The normalized spacial score (nSPS) is 17.1. The highest BCUT2D eigenvalue weighted by Gasteiger charge is 2.34. The molecule has 1 atom stereocenters. The number of methoxy groups -OCH3 is 1. The zero-order chi connectivity index (χ0) is 25.9. The number of ether oxygens (including phenoxy) is 3. The molecule has 37 heavy (non-hydrogen) atoms. The Morgan fingerprint density at radius 1 is 1.22 bits per heavy atom. The summed E-state index contributed by atoms with van der Waals surface area (Å²) in [5.41, 5.74) is 1.16. The number of anilines is 1. The van der Waals surface area contributed by atoms with Gasteiger partial charge in [-0.2, -0.15) is 0 Å². The van der Waals surface area contributed by atoms with Crippen LogP contribution in [-0.4, -0.2) is 72.5 Å².